The Bertz CT molecular complexity index is 247. The fourth-order valence-electron chi connectivity index (χ4n) is 4.64. The molecular weight excluding hydrogens is 187 g/mol. The molecule has 0 aromatic heterocycles. The lowest BCUT2D eigenvalue weighted by atomic mass is 9.43. The first-order valence-corrected chi connectivity index (χ1v) is 6.39. The highest BCUT2D eigenvalue weighted by Gasteiger charge is 2.55. The quantitative estimate of drug-likeness (QED) is 0.651. The van der Waals surface area contributed by atoms with E-state index in [2.05, 4.69) is 0 Å². The Morgan fingerprint density at radius 1 is 1.13 bits per heavy atom. The summed E-state index contributed by atoms with van der Waals surface area (Å²) in [5, 5.41) is 0. The molecule has 0 heterocycles. The van der Waals surface area contributed by atoms with Gasteiger partial charge < -0.3 is 4.74 Å². The molecule has 4 rings (SSSR count). The van der Waals surface area contributed by atoms with Gasteiger partial charge in [-0.1, -0.05) is 0 Å². The summed E-state index contributed by atoms with van der Waals surface area (Å²) in [5.41, 5.74) is -0.0508. The summed E-state index contributed by atoms with van der Waals surface area (Å²) < 4.78 is 5.29. The van der Waals surface area contributed by atoms with Crippen LogP contribution in [0.3, 0.4) is 0 Å². The van der Waals surface area contributed by atoms with Gasteiger partial charge in [-0.2, -0.15) is 0 Å². The third-order valence-electron chi connectivity index (χ3n) is 4.75. The molecule has 0 saturated heterocycles. The van der Waals surface area contributed by atoms with Gasteiger partial charge in [-0.15, -0.1) is 0 Å². The fourth-order valence-corrected chi connectivity index (χ4v) is 4.64. The first-order chi connectivity index (χ1) is 7.22. The number of ether oxygens (including phenoxy) is 1. The zero-order valence-corrected chi connectivity index (χ0v) is 9.50. The third kappa shape index (κ3) is 1.41. The molecule has 84 valence electrons. The van der Waals surface area contributed by atoms with Gasteiger partial charge in [-0.3, -0.25) is 4.79 Å². The Kier molecular flexibility index (Phi) is 2.08. The molecule has 0 spiro atoms. The van der Waals surface area contributed by atoms with Crippen molar-refractivity contribution in [2.24, 2.45) is 23.2 Å². The van der Waals surface area contributed by atoms with Crippen molar-refractivity contribution >= 4 is 5.97 Å². The maximum absolute atomic E-state index is 12.1. The second kappa shape index (κ2) is 3.23. The van der Waals surface area contributed by atoms with E-state index in [4.69, 9.17) is 4.74 Å². The molecule has 0 aromatic rings. The molecule has 4 aliphatic rings. The van der Waals surface area contributed by atoms with Crippen LogP contribution < -0.4 is 0 Å². The Morgan fingerprint density at radius 2 is 1.60 bits per heavy atom. The number of hydrogen-bond donors (Lipinski definition) is 0. The summed E-state index contributed by atoms with van der Waals surface area (Å²) in [5.74, 6) is 2.62. The Labute approximate surface area is 91.4 Å². The zero-order valence-electron chi connectivity index (χ0n) is 9.50. The lowest BCUT2D eigenvalue weighted by Crippen LogP contribution is -2.50. The van der Waals surface area contributed by atoms with Gasteiger partial charge in [0.25, 0.3) is 0 Å². The topological polar surface area (TPSA) is 26.3 Å². The van der Waals surface area contributed by atoms with Crippen molar-refractivity contribution in [1.29, 1.82) is 0 Å². The fraction of sp³-hybridized carbons (Fsp3) is 0.923. The van der Waals surface area contributed by atoms with Crippen LogP contribution >= 0.6 is 0 Å². The van der Waals surface area contributed by atoms with Gasteiger partial charge in [0.05, 0.1) is 12.0 Å². The Hall–Kier alpha value is -0.530. The van der Waals surface area contributed by atoms with E-state index in [1.165, 1.54) is 19.3 Å². The van der Waals surface area contributed by atoms with Crippen molar-refractivity contribution in [2.45, 2.75) is 45.4 Å². The van der Waals surface area contributed by atoms with Gasteiger partial charge in [0.2, 0.25) is 0 Å². The van der Waals surface area contributed by atoms with Crippen LogP contribution in [0.1, 0.15) is 45.4 Å². The summed E-state index contributed by atoms with van der Waals surface area (Å²) in [6, 6.07) is 0. The molecule has 0 aromatic carbocycles. The summed E-state index contributed by atoms with van der Waals surface area (Å²) in [7, 11) is 0. The maximum atomic E-state index is 12.1. The van der Waals surface area contributed by atoms with Crippen LogP contribution in [0.4, 0.5) is 0 Å². The zero-order chi connectivity index (χ0) is 10.5. The van der Waals surface area contributed by atoms with Crippen LogP contribution in [0.5, 0.6) is 0 Å². The predicted octanol–water partition coefficient (Wildman–Crippen LogP) is 2.77. The van der Waals surface area contributed by atoms with E-state index in [9.17, 15) is 4.79 Å². The minimum Gasteiger partial charge on any atom is -0.466 e. The predicted molar refractivity (Wildman–Crippen MR) is 57.2 cm³/mol. The average molecular weight is 207 g/mol. The lowest BCUT2D eigenvalue weighted by Gasteiger charge is -2.55. The van der Waals surface area contributed by atoms with Crippen molar-refractivity contribution in [2.75, 3.05) is 6.61 Å². The third-order valence-corrected chi connectivity index (χ3v) is 4.75. The van der Waals surface area contributed by atoms with Crippen LogP contribution in [-0.2, 0) is 9.53 Å². The van der Waals surface area contributed by atoms with E-state index in [0.29, 0.717) is 6.61 Å². The number of esters is 1. The molecule has 0 atom stereocenters. The number of hydrogen-bond acceptors (Lipinski definition) is 2. The summed E-state index contributed by atoms with van der Waals surface area (Å²) >= 11 is 0. The van der Waals surface area contributed by atoms with Gasteiger partial charge in [0.1, 0.15) is 0 Å². The standard InChI is InChI=1S/C13H20O2/c1-2-15-12(14)13-6-9-3-10(7-13)5-11(4-9)8-13/h9-11H,2-8H2,1H3/i12-1. The minimum absolute atomic E-state index is 0.0508. The van der Waals surface area contributed by atoms with Gasteiger partial charge in [0.15, 0.2) is 0 Å². The molecule has 0 aliphatic heterocycles. The van der Waals surface area contributed by atoms with E-state index >= 15 is 0 Å². The summed E-state index contributed by atoms with van der Waals surface area (Å²) in [6.45, 7) is 2.46. The minimum atomic E-state index is -0.0508. The van der Waals surface area contributed by atoms with Crippen molar-refractivity contribution in [3.63, 3.8) is 0 Å². The normalized spacial score (nSPS) is 46.9. The lowest BCUT2D eigenvalue weighted by molar-refractivity contribution is -0.171. The Balaban J connectivity index is 1.83. The van der Waals surface area contributed by atoms with E-state index in [0.717, 1.165) is 37.0 Å². The smallest absolute Gasteiger partial charge is 0.312 e. The van der Waals surface area contributed by atoms with Crippen LogP contribution in [0.15, 0.2) is 0 Å². The van der Waals surface area contributed by atoms with Crippen molar-refractivity contribution < 1.29 is 9.53 Å². The molecule has 0 radical (unpaired) electrons. The van der Waals surface area contributed by atoms with Crippen LogP contribution in [0.25, 0.3) is 0 Å². The van der Waals surface area contributed by atoms with Gasteiger partial charge in [-0.05, 0) is 63.2 Å². The average Bonchev–Trinajstić information content (AvgIpc) is 2.15. The number of rotatable bonds is 2. The van der Waals surface area contributed by atoms with E-state index in [1.54, 1.807) is 0 Å². The van der Waals surface area contributed by atoms with Crippen LogP contribution in [0.2, 0.25) is 0 Å². The molecular formula is C13H20O2. The van der Waals surface area contributed by atoms with Crippen molar-refractivity contribution in [3.8, 4) is 0 Å². The SMILES string of the molecule is CCO[11C](=O)C12CC3CC(CC(C3)C1)C2. The summed E-state index contributed by atoms with van der Waals surface area (Å²) in [4.78, 5) is 12.1. The van der Waals surface area contributed by atoms with Crippen LogP contribution in [-0.4, -0.2) is 12.6 Å². The van der Waals surface area contributed by atoms with Crippen molar-refractivity contribution in [1.82, 2.24) is 0 Å². The molecule has 2 heteroatoms. The van der Waals surface area contributed by atoms with Gasteiger partial charge >= 0.3 is 5.97 Å². The van der Waals surface area contributed by atoms with Crippen molar-refractivity contribution in [3.05, 3.63) is 0 Å². The van der Waals surface area contributed by atoms with Crippen LogP contribution in [0, 0.1) is 23.2 Å². The molecule has 0 N–H and O–H groups in total. The molecule has 4 saturated carbocycles. The molecule has 0 amide bonds. The molecule has 0 unspecified atom stereocenters. The Morgan fingerprint density at radius 3 is 2.00 bits per heavy atom. The number of carbonyl (C=O) groups is 1. The second-order valence-corrected chi connectivity index (χ2v) is 5.92. The monoisotopic (exact) mass is 207 g/mol. The first-order valence-electron chi connectivity index (χ1n) is 6.39. The molecule has 4 fully saturated rings. The first kappa shape index (κ1) is 9.68. The largest absolute Gasteiger partial charge is 0.466 e. The second-order valence-electron chi connectivity index (χ2n) is 5.92. The number of carbonyl (C=O) groups excluding carboxylic acids is 1. The van der Waals surface area contributed by atoms with E-state index in [-0.39, 0.29) is 11.4 Å². The maximum Gasteiger partial charge on any atom is 0.312 e. The highest BCUT2D eigenvalue weighted by molar-refractivity contribution is 5.77. The molecule has 4 bridgehead atoms. The van der Waals surface area contributed by atoms with E-state index < -0.39 is 0 Å². The molecule has 4 aliphatic carbocycles. The molecule has 2 nitrogen and oxygen atoms in total. The van der Waals surface area contributed by atoms with E-state index in [1.807, 2.05) is 6.92 Å². The highest BCUT2D eigenvalue weighted by atomic mass is 16.5. The van der Waals surface area contributed by atoms with Gasteiger partial charge in [-0.25, -0.2) is 0 Å². The highest BCUT2D eigenvalue weighted by Crippen LogP contribution is 2.60. The molecule has 15 heavy (non-hydrogen) atoms. The summed E-state index contributed by atoms with van der Waals surface area (Å²) in [6.07, 6.45) is 7.53. The van der Waals surface area contributed by atoms with Gasteiger partial charge in [0, 0.05) is 0 Å².